The van der Waals surface area contributed by atoms with Gasteiger partial charge in [-0.05, 0) is 52.7 Å². The van der Waals surface area contributed by atoms with Gasteiger partial charge in [0.2, 0.25) is 0 Å². The van der Waals surface area contributed by atoms with E-state index < -0.39 is 0 Å². The molecule has 0 heterocycles. The number of allylic oxidation sites excluding steroid dienone is 1. The van der Waals surface area contributed by atoms with E-state index in [1.807, 2.05) is 0 Å². The molecule has 0 fully saturated rings. The second-order valence-electron chi connectivity index (χ2n) is 5.50. The molecule has 1 aliphatic carbocycles. The standard InChI is InChI=1S/C15H30N2/c1-4-12-16-15(13-17(2)3)14-10-8-6-5-7-9-11-14/h10,15-16H,4-9,11-13H2,1-3H3. The number of hydrogen-bond acceptors (Lipinski definition) is 2. The summed E-state index contributed by atoms with van der Waals surface area (Å²) < 4.78 is 0. The Kier molecular flexibility index (Phi) is 7.54. The maximum absolute atomic E-state index is 3.71. The number of nitrogens with zero attached hydrogens (tertiary/aromatic N) is 1. The number of likely N-dealkylation sites (N-methyl/N-ethyl adjacent to an activating group) is 1. The normalized spacial score (nSPS) is 19.6. The maximum Gasteiger partial charge on any atom is 0.0408 e. The SMILES string of the molecule is CCCNC(CN(C)C)C1=CCCCCCC1. The lowest BCUT2D eigenvalue weighted by Gasteiger charge is -2.26. The minimum absolute atomic E-state index is 0.572. The van der Waals surface area contributed by atoms with Crippen molar-refractivity contribution < 1.29 is 0 Å². The van der Waals surface area contributed by atoms with Crippen LogP contribution in [-0.2, 0) is 0 Å². The summed E-state index contributed by atoms with van der Waals surface area (Å²) in [6.07, 6.45) is 11.9. The van der Waals surface area contributed by atoms with Crippen LogP contribution in [0.25, 0.3) is 0 Å². The summed E-state index contributed by atoms with van der Waals surface area (Å²) in [4.78, 5) is 2.30. The molecule has 0 bridgehead atoms. The van der Waals surface area contributed by atoms with Crippen molar-refractivity contribution in [2.45, 2.75) is 57.9 Å². The Morgan fingerprint density at radius 3 is 2.71 bits per heavy atom. The molecule has 0 radical (unpaired) electrons. The molecule has 1 atom stereocenters. The van der Waals surface area contributed by atoms with Gasteiger partial charge in [-0.3, -0.25) is 0 Å². The van der Waals surface area contributed by atoms with E-state index in [-0.39, 0.29) is 0 Å². The van der Waals surface area contributed by atoms with Gasteiger partial charge >= 0.3 is 0 Å². The van der Waals surface area contributed by atoms with Gasteiger partial charge in [0.15, 0.2) is 0 Å². The molecule has 0 aliphatic heterocycles. The summed E-state index contributed by atoms with van der Waals surface area (Å²) in [5, 5.41) is 3.71. The fraction of sp³-hybridized carbons (Fsp3) is 0.867. The Bertz CT molecular complexity index is 221. The Labute approximate surface area is 107 Å². The molecule has 2 heteroatoms. The highest BCUT2D eigenvalue weighted by molar-refractivity contribution is 5.12. The van der Waals surface area contributed by atoms with Gasteiger partial charge in [0.25, 0.3) is 0 Å². The van der Waals surface area contributed by atoms with E-state index in [0.29, 0.717) is 6.04 Å². The van der Waals surface area contributed by atoms with Gasteiger partial charge in [-0.15, -0.1) is 0 Å². The lowest BCUT2D eigenvalue weighted by Crippen LogP contribution is -2.40. The first kappa shape index (κ1) is 14.7. The fourth-order valence-electron chi connectivity index (χ4n) is 2.53. The highest BCUT2D eigenvalue weighted by Gasteiger charge is 2.15. The van der Waals surface area contributed by atoms with E-state index in [2.05, 4.69) is 37.3 Å². The van der Waals surface area contributed by atoms with Gasteiger partial charge in [0, 0.05) is 12.6 Å². The first-order valence-corrected chi connectivity index (χ1v) is 7.31. The van der Waals surface area contributed by atoms with Crippen LogP contribution in [0.4, 0.5) is 0 Å². The first-order chi connectivity index (χ1) is 8.24. The zero-order chi connectivity index (χ0) is 12.5. The van der Waals surface area contributed by atoms with Crippen LogP contribution < -0.4 is 5.32 Å². The third-order valence-electron chi connectivity index (χ3n) is 3.46. The maximum atomic E-state index is 3.71. The van der Waals surface area contributed by atoms with Crippen molar-refractivity contribution in [3.8, 4) is 0 Å². The third-order valence-corrected chi connectivity index (χ3v) is 3.46. The van der Waals surface area contributed by atoms with E-state index in [0.717, 1.165) is 13.1 Å². The van der Waals surface area contributed by atoms with E-state index in [1.54, 1.807) is 5.57 Å². The zero-order valence-corrected chi connectivity index (χ0v) is 12.0. The quantitative estimate of drug-likeness (QED) is 0.715. The zero-order valence-electron chi connectivity index (χ0n) is 12.0. The molecule has 0 aromatic heterocycles. The van der Waals surface area contributed by atoms with Gasteiger partial charge in [0.05, 0.1) is 0 Å². The summed E-state index contributed by atoms with van der Waals surface area (Å²) in [7, 11) is 4.34. The molecule has 2 nitrogen and oxygen atoms in total. The van der Waals surface area contributed by atoms with E-state index in [1.165, 1.54) is 44.9 Å². The molecule has 17 heavy (non-hydrogen) atoms. The molecule has 1 aliphatic rings. The molecule has 0 saturated carbocycles. The van der Waals surface area contributed by atoms with Crippen molar-refractivity contribution >= 4 is 0 Å². The molecule has 1 unspecified atom stereocenters. The van der Waals surface area contributed by atoms with Crippen molar-refractivity contribution in [2.24, 2.45) is 0 Å². The predicted octanol–water partition coefficient (Wildman–Crippen LogP) is 3.20. The Morgan fingerprint density at radius 1 is 1.24 bits per heavy atom. The van der Waals surface area contributed by atoms with Crippen molar-refractivity contribution in [2.75, 3.05) is 27.2 Å². The predicted molar refractivity (Wildman–Crippen MR) is 76.4 cm³/mol. The average Bonchev–Trinajstić information content (AvgIpc) is 2.23. The second kappa shape index (κ2) is 8.71. The Morgan fingerprint density at radius 2 is 2.00 bits per heavy atom. The van der Waals surface area contributed by atoms with Crippen LogP contribution in [0.1, 0.15) is 51.9 Å². The monoisotopic (exact) mass is 238 g/mol. The van der Waals surface area contributed by atoms with Crippen LogP contribution >= 0.6 is 0 Å². The first-order valence-electron chi connectivity index (χ1n) is 7.31. The van der Waals surface area contributed by atoms with Gasteiger partial charge in [-0.2, -0.15) is 0 Å². The van der Waals surface area contributed by atoms with E-state index in [4.69, 9.17) is 0 Å². The van der Waals surface area contributed by atoms with Gasteiger partial charge in [-0.1, -0.05) is 31.4 Å². The van der Waals surface area contributed by atoms with E-state index >= 15 is 0 Å². The fourth-order valence-corrected chi connectivity index (χ4v) is 2.53. The molecule has 100 valence electrons. The van der Waals surface area contributed by atoms with Gasteiger partial charge < -0.3 is 10.2 Å². The van der Waals surface area contributed by atoms with Gasteiger partial charge in [0.1, 0.15) is 0 Å². The highest BCUT2D eigenvalue weighted by Crippen LogP contribution is 2.20. The molecule has 0 spiro atoms. The third kappa shape index (κ3) is 6.23. The molecule has 0 amide bonds. The summed E-state index contributed by atoms with van der Waals surface area (Å²) in [6.45, 7) is 4.51. The Balaban J connectivity index is 2.57. The number of rotatable bonds is 6. The summed E-state index contributed by atoms with van der Waals surface area (Å²) >= 11 is 0. The minimum atomic E-state index is 0.572. The molecule has 1 rings (SSSR count). The van der Waals surface area contributed by atoms with Crippen molar-refractivity contribution in [3.63, 3.8) is 0 Å². The Hall–Kier alpha value is -0.340. The van der Waals surface area contributed by atoms with Crippen molar-refractivity contribution in [1.82, 2.24) is 10.2 Å². The van der Waals surface area contributed by atoms with E-state index in [9.17, 15) is 0 Å². The molecular weight excluding hydrogens is 208 g/mol. The lowest BCUT2D eigenvalue weighted by atomic mass is 9.94. The molecule has 0 saturated heterocycles. The molecule has 0 aromatic rings. The molecule has 1 N–H and O–H groups in total. The smallest absolute Gasteiger partial charge is 0.0408 e. The van der Waals surface area contributed by atoms with Crippen LogP contribution in [0.15, 0.2) is 11.6 Å². The lowest BCUT2D eigenvalue weighted by molar-refractivity contribution is 0.353. The highest BCUT2D eigenvalue weighted by atomic mass is 15.1. The topological polar surface area (TPSA) is 15.3 Å². The van der Waals surface area contributed by atoms with Crippen molar-refractivity contribution in [1.29, 1.82) is 0 Å². The van der Waals surface area contributed by atoms with Gasteiger partial charge in [-0.25, -0.2) is 0 Å². The average molecular weight is 238 g/mol. The largest absolute Gasteiger partial charge is 0.309 e. The molecule has 0 aromatic carbocycles. The summed E-state index contributed by atoms with van der Waals surface area (Å²) in [6, 6.07) is 0.572. The summed E-state index contributed by atoms with van der Waals surface area (Å²) in [5.74, 6) is 0. The number of hydrogen-bond donors (Lipinski definition) is 1. The van der Waals surface area contributed by atoms with Crippen LogP contribution in [0.5, 0.6) is 0 Å². The second-order valence-corrected chi connectivity index (χ2v) is 5.50. The summed E-state index contributed by atoms with van der Waals surface area (Å²) in [5.41, 5.74) is 1.66. The van der Waals surface area contributed by atoms with Crippen LogP contribution in [0.3, 0.4) is 0 Å². The minimum Gasteiger partial charge on any atom is -0.309 e. The van der Waals surface area contributed by atoms with Crippen LogP contribution in [0, 0.1) is 0 Å². The molecular formula is C15H30N2. The van der Waals surface area contributed by atoms with Crippen LogP contribution in [-0.4, -0.2) is 38.1 Å². The van der Waals surface area contributed by atoms with Crippen molar-refractivity contribution in [3.05, 3.63) is 11.6 Å². The number of nitrogens with one attached hydrogen (secondary N) is 1. The van der Waals surface area contributed by atoms with Crippen LogP contribution in [0.2, 0.25) is 0 Å².